The topological polar surface area (TPSA) is 50.4 Å². The van der Waals surface area contributed by atoms with E-state index in [1.54, 1.807) is 18.9 Å². The third-order valence-corrected chi connectivity index (χ3v) is 5.09. The smallest absolute Gasteiger partial charge is 0.230 e. The number of benzene rings is 1. The Morgan fingerprint density at radius 2 is 2.14 bits per heavy atom. The van der Waals surface area contributed by atoms with Crippen molar-refractivity contribution in [2.24, 2.45) is 0 Å². The number of rotatable bonds is 6. The monoisotopic (exact) mass is 308 g/mol. The molecule has 1 saturated heterocycles. The van der Waals surface area contributed by atoms with E-state index in [4.69, 9.17) is 4.74 Å². The van der Waals surface area contributed by atoms with Crippen molar-refractivity contribution in [2.75, 3.05) is 26.0 Å². The van der Waals surface area contributed by atoms with Crippen molar-refractivity contribution in [3.05, 3.63) is 29.8 Å². The molecule has 1 aromatic rings. The van der Waals surface area contributed by atoms with Crippen LogP contribution in [0, 0.1) is 0 Å². The third-order valence-electron chi connectivity index (χ3n) is 3.72. The molecule has 1 aromatic carbocycles. The lowest BCUT2D eigenvalue weighted by Crippen LogP contribution is -2.32. The number of piperidine rings is 1. The molecule has 4 nitrogen and oxygen atoms in total. The van der Waals surface area contributed by atoms with Gasteiger partial charge in [-0.15, -0.1) is 11.8 Å². The van der Waals surface area contributed by atoms with Gasteiger partial charge in [0.25, 0.3) is 0 Å². The Bertz CT molecular complexity index is 461. The number of methoxy groups -OCH3 is 1. The summed E-state index contributed by atoms with van der Waals surface area (Å²) in [4.78, 5) is 12.1. The van der Waals surface area contributed by atoms with Gasteiger partial charge in [-0.25, -0.2) is 0 Å². The maximum Gasteiger partial charge on any atom is 0.230 e. The Labute approximate surface area is 131 Å². The van der Waals surface area contributed by atoms with Crippen LogP contribution in [-0.2, 0) is 4.79 Å². The van der Waals surface area contributed by atoms with E-state index in [-0.39, 0.29) is 11.9 Å². The minimum atomic E-state index is -0.0396. The van der Waals surface area contributed by atoms with Crippen LogP contribution in [0.2, 0.25) is 0 Å². The summed E-state index contributed by atoms with van der Waals surface area (Å²) in [6.45, 7) is 4.12. The number of thioether (sulfide) groups is 1. The van der Waals surface area contributed by atoms with E-state index < -0.39 is 0 Å². The molecule has 2 N–H and O–H groups in total. The number of amides is 1. The molecule has 116 valence electrons. The summed E-state index contributed by atoms with van der Waals surface area (Å²) in [7, 11) is 1.65. The fraction of sp³-hybridized carbons (Fsp3) is 0.562. The highest BCUT2D eigenvalue weighted by Gasteiger charge is 2.17. The first-order valence-corrected chi connectivity index (χ1v) is 8.50. The number of nitrogens with one attached hydrogen (secondary N) is 2. The first-order chi connectivity index (χ1) is 10.2. The second-order valence-electron chi connectivity index (χ2n) is 5.29. The molecule has 1 heterocycles. The highest BCUT2D eigenvalue weighted by Crippen LogP contribution is 2.25. The summed E-state index contributed by atoms with van der Waals surface area (Å²) in [5.74, 6) is 1.44. The van der Waals surface area contributed by atoms with Gasteiger partial charge in [-0.2, -0.15) is 0 Å². The molecule has 5 heteroatoms. The van der Waals surface area contributed by atoms with Gasteiger partial charge in [0.05, 0.1) is 18.9 Å². The summed E-state index contributed by atoms with van der Waals surface area (Å²) in [5.41, 5.74) is 1.01. The van der Waals surface area contributed by atoms with Crippen molar-refractivity contribution in [1.82, 2.24) is 10.6 Å². The molecular weight excluding hydrogens is 284 g/mol. The molecule has 1 fully saturated rings. The number of hydrogen-bond donors (Lipinski definition) is 2. The Hall–Kier alpha value is -1.20. The molecule has 0 bridgehead atoms. The van der Waals surface area contributed by atoms with E-state index in [0.29, 0.717) is 11.0 Å². The standard InChI is InChI=1S/C16H24N2O2S/c1-12(14-5-3-4-6-15(14)20-2)18-16(19)11-21-13-7-9-17-10-8-13/h3-6,12-13,17H,7-11H2,1-2H3,(H,18,19)/t12-/m1/s1. The molecule has 0 unspecified atom stereocenters. The Kier molecular flexibility index (Phi) is 6.39. The quantitative estimate of drug-likeness (QED) is 0.847. The third kappa shape index (κ3) is 4.93. The lowest BCUT2D eigenvalue weighted by Gasteiger charge is -2.22. The van der Waals surface area contributed by atoms with Crippen molar-refractivity contribution in [1.29, 1.82) is 0 Å². The summed E-state index contributed by atoms with van der Waals surface area (Å²) in [6, 6.07) is 7.77. The van der Waals surface area contributed by atoms with Crippen LogP contribution in [0.1, 0.15) is 31.4 Å². The van der Waals surface area contributed by atoms with E-state index in [1.165, 1.54) is 0 Å². The molecule has 0 aromatic heterocycles. The molecule has 0 aliphatic carbocycles. The fourth-order valence-corrected chi connectivity index (χ4v) is 3.58. The van der Waals surface area contributed by atoms with E-state index in [2.05, 4.69) is 10.6 Å². The number of para-hydroxylation sites is 1. The lowest BCUT2D eigenvalue weighted by molar-refractivity contribution is -0.119. The summed E-state index contributed by atoms with van der Waals surface area (Å²) < 4.78 is 5.34. The van der Waals surface area contributed by atoms with Crippen molar-refractivity contribution < 1.29 is 9.53 Å². The number of ether oxygens (including phenoxy) is 1. The van der Waals surface area contributed by atoms with Gasteiger partial charge in [-0.3, -0.25) is 4.79 Å². The number of carbonyl (C=O) groups excluding carboxylic acids is 1. The van der Waals surface area contributed by atoms with Gasteiger partial charge >= 0.3 is 0 Å². The first-order valence-electron chi connectivity index (χ1n) is 7.45. The van der Waals surface area contributed by atoms with Crippen LogP contribution in [0.25, 0.3) is 0 Å². The molecule has 0 saturated carbocycles. The Balaban J connectivity index is 1.81. The number of carbonyl (C=O) groups is 1. The minimum Gasteiger partial charge on any atom is -0.496 e. The normalized spacial score (nSPS) is 17.2. The van der Waals surface area contributed by atoms with Crippen molar-refractivity contribution in [3.63, 3.8) is 0 Å². The zero-order chi connectivity index (χ0) is 15.1. The highest BCUT2D eigenvalue weighted by molar-refractivity contribution is 8.00. The molecule has 21 heavy (non-hydrogen) atoms. The predicted octanol–water partition coefficient (Wildman–Crippen LogP) is 2.36. The molecule has 1 aliphatic heterocycles. The molecule has 0 spiro atoms. The average molecular weight is 308 g/mol. The molecule has 1 atom stereocenters. The predicted molar refractivity (Wildman–Crippen MR) is 87.9 cm³/mol. The van der Waals surface area contributed by atoms with Crippen molar-refractivity contribution >= 4 is 17.7 Å². The molecule has 2 rings (SSSR count). The SMILES string of the molecule is COc1ccccc1[C@@H](C)NC(=O)CSC1CCNCC1. The largest absolute Gasteiger partial charge is 0.496 e. The van der Waals surface area contributed by atoms with E-state index in [0.717, 1.165) is 37.2 Å². The fourth-order valence-electron chi connectivity index (χ4n) is 2.54. The van der Waals surface area contributed by atoms with Gasteiger partial charge in [0, 0.05) is 10.8 Å². The summed E-state index contributed by atoms with van der Waals surface area (Å²) in [6.07, 6.45) is 2.31. The number of hydrogen-bond acceptors (Lipinski definition) is 4. The summed E-state index contributed by atoms with van der Waals surface area (Å²) in [5, 5.41) is 7.01. The van der Waals surface area contributed by atoms with Crippen LogP contribution in [0.3, 0.4) is 0 Å². The van der Waals surface area contributed by atoms with Gasteiger partial charge in [-0.1, -0.05) is 18.2 Å². The van der Waals surface area contributed by atoms with Crippen molar-refractivity contribution in [3.8, 4) is 5.75 Å². The van der Waals surface area contributed by atoms with Crippen molar-refractivity contribution in [2.45, 2.75) is 31.1 Å². The highest BCUT2D eigenvalue weighted by atomic mass is 32.2. The van der Waals surface area contributed by atoms with E-state index in [9.17, 15) is 4.79 Å². The maximum atomic E-state index is 12.1. The molecule has 1 amide bonds. The van der Waals surface area contributed by atoms with Gasteiger partial charge in [-0.05, 0) is 38.9 Å². The second-order valence-corrected chi connectivity index (χ2v) is 6.58. The van der Waals surface area contributed by atoms with E-state index in [1.807, 2.05) is 31.2 Å². The van der Waals surface area contributed by atoms with Gasteiger partial charge in [0.15, 0.2) is 0 Å². The molecule has 1 aliphatic rings. The second kappa shape index (κ2) is 8.29. The average Bonchev–Trinajstić information content (AvgIpc) is 2.53. The Morgan fingerprint density at radius 3 is 2.86 bits per heavy atom. The van der Waals surface area contributed by atoms with Crippen LogP contribution < -0.4 is 15.4 Å². The van der Waals surface area contributed by atoms with Gasteiger partial charge < -0.3 is 15.4 Å². The van der Waals surface area contributed by atoms with Crippen LogP contribution in [0.15, 0.2) is 24.3 Å². The molecule has 0 radical (unpaired) electrons. The molecular formula is C16H24N2O2S. The van der Waals surface area contributed by atoms with Crippen LogP contribution in [0.5, 0.6) is 5.75 Å². The van der Waals surface area contributed by atoms with Crippen LogP contribution >= 0.6 is 11.8 Å². The zero-order valence-electron chi connectivity index (χ0n) is 12.7. The van der Waals surface area contributed by atoms with E-state index >= 15 is 0 Å². The van der Waals surface area contributed by atoms with Crippen LogP contribution in [-0.4, -0.2) is 37.1 Å². The maximum absolute atomic E-state index is 12.1. The van der Waals surface area contributed by atoms with Gasteiger partial charge in [0.1, 0.15) is 5.75 Å². The summed E-state index contributed by atoms with van der Waals surface area (Å²) >= 11 is 1.77. The Morgan fingerprint density at radius 1 is 1.43 bits per heavy atom. The zero-order valence-corrected chi connectivity index (χ0v) is 13.5. The lowest BCUT2D eigenvalue weighted by atomic mass is 10.1. The van der Waals surface area contributed by atoms with Crippen LogP contribution in [0.4, 0.5) is 0 Å². The first kappa shape index (κ1) is 16.2. The minimum absolute atomic E-state index is 0.0396. The van der Waals surface area contributed by atoms with Gasteiger partial charge in [0.2, 0.25) is 5.91 Å².